The van der Waals surface area contributed by atoms with Gasteiger partial charge in [0, 0.05) is 31.8 Å². The SMILES string of the molecule is CCC(C)CN(CC)C1(CN)CCOCC1. The van der Waals surface area contributed by atoms with E-state index < -0.39 is 0 Å². The minimum Gasteiger partial charge on any atom is -0.381 e. The van der Waals surface area contributed by atoms with Crippen LogP contribution in [0, 0.1) is 5.92 Å². The average Bonchev–Trinajstić information content (AvgIpc) is 2.36. The molecular weight excluding hydrogens is 200 g/mol. The number of rotatable bonds is 6. The van der Waals surface area contributed by atoms with Crippen LogP contribution >= 0.6 is 0 Å². The lowest BCUT2D eigenvalue weighted by molar-refractivity contribution is -0.0274. The van der Waals surface area contributed by atoms with Crippen LogP contribution in [0.1, 0.15) is 40.0 Å². The van der Waals surface area contributed by atoms with E-state index in [1.165, 1.54) is 13.0 Å². The van der Waals surface area contributed by atoms with Crippen molar-refractivity contribution in [1.29, 1.82) is 0 Å². The highest BCUT2D eigenvalue weighted by atomic mass is 16.5. The summed E-state index contributed by atoms with van der Waals surface area (Å²) in [5.74, 6) is 0.756. The average molecular weight is 228 g/mol. The van der Waals surface area contributed by atoms with Crippen molar-refractivity contribution in [3.63, 3.8) is 0 Å². The van der Waals surface area contributed by atoms with Crippen molar-refractivity contribution in [2.75, 3.05) is 32.8 Å². The Morgan fingerprint density at radius 3 is 2.38 bits per heavy atom. The summed E-state index contributed by atoms with van der Waals surface area (Å²) in [6, 6.07) is 0. The summed E-state index contributed by atoms with van der Waals surface area (Å²) in [5.41, 5.74) is 6.24. The minimum absolute atomic E-state index is 0.205. The molecule has 96 valence electrons. The molecular formula is C13H28N2O. The van der Waals surface area contributed by atoms with E-state index in [4.69, 9.17) is 10.5 Å². The van der Waals surface area contributed by atoms with Crippen LogP contribution in [0.15, 0.2) is 0 Å². The monoisotopic (exact) mass is 228 g/mol. The second-order valence-corrected chi connectivity index (χ2v) is 5.09. The molecule has 0 saturated carbocycles. The van der Waals surface area contributed by atoms with E-state index >= 15 is 0 Å². The number of ether oxygens (including phenoxy) is 1. The summed E-state index contributed by atoms with van der Waals surface area (Å²) >= 11 is 0. The highest BCUT2D eigenvalue weighted by molar-refractivity contribution is 4.93. The maximum Gasteiger partial charge on any atom is 0.0484 e. The number of likely N-dealkylation sites (N-methyl/N-ethyl adjacent to an activating group) is 1. The van der Waals surface area contributed by atoms with Crippen molar-refractivity contribution >= 4 is 0 Å². The van der Waals surface area contributed by atoms with Gasteiger partial charge in [-0.05, 0) is 25.3 Å². The van der Waals surface area contributed by atoms with Crippen molar-refractivity contribution in [3.05, 3.63) is 0 Å². The van der Waals surface area contributed by atoms with Crippen LogP contribution in [0.5, 0.6) is 0 Å². The number of nitrogens with zero attached hydrogens (tertiary/aromatic N) is 1. The number of nitrogens with two attached hydrogens (primary N) is 1. The predicted octanol–water partition coefficient (Wildman–Crippen LogP) is 1.86. The molecule has 1 rings (SSSR count). The molecule has 0 amide bonds. The van der Waals surface area contributed by atoms with E-state index in [2.05, 4.69) is 25.7 Å². The van der Waals surface area contributed by atoms with Crippen LogP contribution in [-0.4, -0.2) is 43.3 Å². The fourth-order valence-electron chi connectivity index (χ4n) is 2.56. The first-order valence-electron chi connectivity index (χ1n) is 6.71. The first-order valence-corrected chi connectivity index (χ1v) is 6.71. The molecule has 1 unspecified atom stereocenters. The standard InChI is InChI=1S/C13H28N2O/c1-4-12(3)10-15(5-2)13(11-14)6-8-16-9-7-13/h12H,4-11,14H2,1-3H3. The van der Waals surface area contributed by atoms with Gasteiger partial charge in [0.15, 0.2) is 0 Å². The molecule has 1 fully saturated rings. The molecule has 0 radical (unpaired) electrons. The van der Waals surface area contributed by atoms with Crippen LogP contribution in [0.3, 0.4) is 0 Å². The van der Waals surface area contributed by atoms with Gasteiger partial charge in [-0.15, -0.1) is 0 Å². The Bertz CT molecular complexity index is 190. The van der Waals surface area contributed by atoms with Gasteiger partial charge in [-0.1, -0.05) is 27.2 Å². The van der Waals surface area contributed by atoms with E-state index in [1.54, 1.807) is 0 Å². The van der Waals surface area contributed by atoms with Gasteiger partial charge in [-0.25, -0.2) is 0 Å². The van der Waals surface area contributed by atoms with Crippen LogP contribution < -0.4 is 5.73 Å². The van der Waals surface area contributed by atoms with Crippen molar-refractivity contribution in [1.82, 2.24) is 4.90 Å². The fourth-order valence-corrected chi connectivity index (χ4v) is 2.56. The van der Waals surface area contributed by atoms with Crippen LogP contribution in [0.25, 0.3) is 0 Å². The molecule has 2 N–H and O–H groups in total. The molecule has 0 aliphatic carbocycles. The van der Waals surface area contributed by atoms with Crippen LogP contribution in [0.2, 0.25) is 0 Å². The molecule has 0 spiro atoms. The minimum atomic E-state index is 0.205. The maximum atomic E-state index is 6.03. The first-order chi connectivity index (χ1) is 7.68. The molecule has 0 aromatic rings. The number of hydrogen-bond donors (Lipinski definition) is 1. The molecule has 0 aromatic carbocycles. The highest BCUT2D eigenvalue weighted by Crippen LogP contribution is 2.28. The van der Waals surface area contributed by atoms with E-state index in [0.29, 0.717) is 0 Å². The Labute approximate surface area is 100 Å². The van der Waals surface area contributed by atoms with Crippen molar-refractivity contribution in [2.24, 2.45) is 11.7 Å². The lowest BCUT2D eigenvalue weighted by Crippen LogP contribution is -2.57. The Balaban J connectivity index is 2.65. The molecule has 16 heavy (non-hydrogen) atoms. The van der Waals surface area contributed by atoms with Gasteiger partial charge in [0.05, 0.1) is 0 Å². The van der Waals surface area contributed by atoms with Crippen molar-refractivity contribution in [3.8, 4) is 0 Å². The maximum absolute atomic E-state index is 6.03. The second-order valence-electron chi connectivity index (χ2n) is 5.09. The van der Waals surface area contributed by atoms with Gasteiger partial charge in [0.2, 0.25) is 0 Å². The molecule has 1 aliphatic heterocycles. The Morgan fingerprint density at radius 2 is 1.94 bits per heavy atom. The summed E-state index contributed by atoms with van der Waals surface area (Å²) in [5, 5.41) is 0. The normalized spacial score (nSPS) is 22.3. The largest absolute Gasteiger partial charge is 0.381 e. The fraction of sp³-hybridized carbons (Fsp3) is 1.00. The van der Waals surface area contributed by atoms with Crippen molar-refractivity contribution < 1.29 is 4.74 Å². The third kappa shape index (κ3) is 3.19. The third-order valence-electron chi connectivity index (χ3n) is 4.08. The molecule has 1 aliphatic rings. The smallest absolute Gasteiger partial charge is 0.0484 e. The molecule has 0 aromatic heterocycles. The molecule has 3 nitrogen and oxygen atoms in total. The van der Waals surface area contributed by atoms with Gasteiger partial charge in [0.25, 0.3) is 0 Å². The zero-order valence-electron chi connectivity index (χ0n) is 11.2. The molecule has 0 bridgehead atoms. The molecule has 1 heterocycles. The van der Waals surface area contributed by atoms with E-state index in [-0.39, 0.29) is 5.54 Å². The Morgan fingerprint density at radius 1 is 1.31 bits per heavy atom. The topological polar surface area (TPSA) is 38.5 Å². The lowest BCUT2D eigenvalue weighted by atomic mass is 9.87. The van der Waals surface area contributed by atoms with Gasteiger partial charge in [-0.3, -0.25) is 4.90 Å². The van der Waals surface area contributed by atoms with Gasteiger partial charge < -0.3 is 10.5 Å². The van der Waals surface area contributed by atoms with E-state index in [1.807, 2.05) is 0 Å². The zero-order valence-corrected chi connectivity index (χ0v) is 11.2. The Kier molecular flexibility index (Phi) is 5.73. The zero-order chi connectivity index (χ0) is 12.0. The van der Waals surface area contributed by atoms with E-state index in [9.17, 15) is 0 Å². The quantitative estimate of drug-likeness (QED) is 0.754. The Hall–Kier alpha value is -0.120. The van der Waals surface area contributed by atoms with Crippen LogP contribution in [0.4, 0.5) is 0 Å². The summed E-state index contributed by atoms with van der Waals surface area (Å²) < 4.78 is 5.47. The van der Waals surface area contributed by atoms with E-state index in [0.717, 1.165) is 45.1 Å². The molecule has 1 atom stereocenters. The predicted molar refractivity (Wildman–Crippen MR) is 68.5 cm³/mol. The summed E-state index contributed by atoms with van der Waals surface area (Å²) in [6.45, 7) is 11.6. The summed E-state index contributed by atoms with van der Waals surface area (Å²) in [4.78, 5) is 2.59. The number of hydrogen-bond acceptors (Lipinski definition) is 3. The lowest BCUT2D eigenvalue weighted by Gasteiger charge is -2.46. The summed E-state index contributed by atoms with van der Waals surface area (Å²) in [6.07, 6.45) is 3.43. The second kappa shape index (κ2) is 6.58. The summed E-state index contributed by atoms with van der Waals surface area (Å²) in [7, 11) is 0. The third-order valence-corrected chi connectivity index (χ3v) is 4.08. The van der Waals surface area contributed by atoms with Crippen molar-refractivity contribution in [2.45, 2.75) is 45.6 Å². The van der Waals surface area contributed by atoms with Gasteiger partial charge in [0.1, 0.15) is 0 Å². The molecule has 1 saturated heterocycles. The highest BCUT2D eigenvalue weighted by Gasteiger charge is 2.36. The first kappa shape index (κ1) is 13.9. The molecule has 3 heteroatoms. The van der Waals surface area contributed by atoms with Gasteiger partial charge >= 0.3 is 0 Å². The van der Waals surface area contributed by atoms with Crippen LogP contribution in [-0.2, 0) is 4.74 Å². The van der Waals surface area contributed by atoms with Gasteiger partial charge in [-0.2, -0.15) is 0 Å².